The molecule has 1 aromatic rings. The van der Waals surface area contributed by atoms with Gasteiger partial charge in [-0.15, -0.1) is 0 Å². The Morgan fingerprint density at radius 3 is 2.56 bits per heavy atom. The van der Waals surface area contributed by atoms with Crippen LogP contribution in [0.2, 0.25) is 0 Å². The van der Waals surface area contributed by atoms with Gasteiger partial charge in [-0.3, -0.25) is 4.79 Å². The molecule has 0 unspecified atom stereocenters. The van der Waals surface area contributed by atoms with E-state index in [2.05, 4.69) is 26.6 Å². The Morgan fingerprint density at radius 1 is 1.38 bits per heavy atom. The van der Waals surface area contributed by atoms with Crippen molar-refractivity contribution < 1.29 is 4.79 Å². The van der Waals surface area contributed by atoms with Crippen molar-refractivity contribution >= 4 is 21.8 Å². The maximum atomic E-state index is 11.8. The van der Waals surface area contributed by atoms with Crippen LogP contribution in [0.25, 0.3) is 0 Å². The van der Waals surface area contributed by atoms with Crippen molar-refractivity contribution in [2.75, 3.05) is 7.05 Å². The molecular formula is C12H17BrN2O. The number of hydrogen-bond acceptors (Lipinski definition) is 2. The lowest BCUT2D eigenvalue weighted by atomic mass is 10.1. The van der Waals surface area contributed by atoms with E-state index in [0.717, 1.165) is 10.0 Å². The third-order valence-corrected chi connectivity index (χ3v) is 3.36. The normalized spacial score (nSPS) is 11.2. The third-order valence-electron chi connectivity index (χ3n) is 2.59. The fourth-order valence-corrected chi connectivity index (χ4v) is 1.58. The molecule has 1 rings (SSSR count). The number of likely N-dealkylation sites (N-methyl/N-ethyl adjacent to an activating group) is 1. The average Bonchev–Trinajstić information content (AvgIpc) is 2.27. The van der Waals surface area contributed by atoms with Gasteiger partial charge in [0.05, 0.1) is 5.54 Å². The SMILES string of the molecule is CNC(C)(C)C(=O)NCc1ccccc1Br. The van der Waals surface area contributed by atoms with Crippen molar-refractivity contribution in [2.24, 2.45) is 0 Å². The number of amides is 1. The van der Waals surface area contributed by atoms with Crippen molar-refractivity contribution in [3.8, 4) is 0 Å². The van der Waals surface area contributed by atoms with E-state index in [1.807, 2.05) is 38.1 Å². The van der Waals surface area contributed by atoms with E-state index in [0.29, 0.717) is 6.54 Å². The number of hydrogen-bond donors (Lipinski definition) is 2. The first-order chi connectivity index (χ1) is 7.47. The molecule has 1 aromatic carbocycles. The second-order valence-corrected chi connectivity index (χ2v) is 5.00. The molecular weight excluding hydrogens is 268 g/mol. The molecule has 0 atom stereocenters. The Hall–Kier alpha value is -0.870. The largest absolute Gasteiger partial charge is 0.350 e. The molecule has 0 aliphatic rings. The molecule has 0 bridgehead atoms. The number of nitrogens with one attached hydrogen (secondary N) is 2. The first-order valence-electron chi connectivity index (χ1n) is 5.18. The highest BCUT2D eigenvalue weighted by atomic mass is 79.9. The molecule has 88 valence electrons. The number of halogens is 1. The van der Waals surface area contributed by atoms with Crippen LogP contribution in [0.15, 0.2) is 28.7 Å². The van der Waals surface area contributed by atoms with Gasteiger partial charge in [0.25, 0.3) is 0 Å². The quantitative estimate of drug-likeness (QED) is 0.889. The third kappa shape index (κ3) is 3.32. The predicted molar refractivity (Wildman–Crippen MR) is 69.1 cm³/mol. The van der Waals surface area contributed by atoms with Crippen LogP contribution in [-0.4, -0.2) is 18.5 Å². The van der Waals surface area contributed by atoms with Crippen molar-refractivity contribution in [3.63, 3.8) is 0 Å². The summed E-state index contributed by atoms with van der Waals surface area (Å²) in [6.07, 6.45) is 0. The molecule has 0 aliphatic heterocycles. The van der Waals surface area contributed by atoms with E-state index in [-0.39, 0.29) is 5.91 Å². The van der Waals surface area contributed by atoms with Gasteiger partial charge in [-0.05, 0) is 32.5 Å². The second-order valence-electron chi connectivity index (χ2n) is 4.15. The Bertz CT molecular complexity index is 377. The lowest BCUT2D eigenvalue weighted by Gasteiger charge is -2.22. The summed E-state index contributed by atoms with van der Waals surface area (Å²) in [6, 6.07) is 7.85. The lowest BCUT2D eigenvalue weighted by molar-refractivity contribution is -0.126. The zero-order valence-corrected chi connectivity index (χ0v) is 11.4. The monoisotopic (exact) mass is 284 g/mol. The van der Waals surface area contributed by atoms with Gasteiger partial charge in [-0.1, -0.05) is 34.1 Å². The highest BCUT2D eigenvalue weighted by Crippen LogP contribution is 2.15. The van der Waals surface area contributed by atoms with Crippen LogP contribution in [0.5, 0.6) is 0 Å². The summed E-state index contributed by atoms with van der Waals surface area (Å²) in [5.74, 6) is -0.00856. The van der Waals surface area contributed by atoms with Gasteiger partial charge >= 0.3 is 0 Å². The van der Waals surface area contributed by atoms with Gasteiger partial charge in [-0.25, -0.2) is 0 Å². The summed E-state index contributed by atoms with van der Waals surface area (Å²) in [5.41, 5.74) is 0.532. The Labute approximate surface area is 105 Å². The van der Waals surface area contributed by atoms with E-state index >= 15 is 0 Å². The van der Waals surface area contributed by atoms with Gasteiger partial charge in [-0.2, -0.15) is 0 Å². The number of carbonyl (C=O) groups is 1. The van der Waals surface area contributed by atoms with Crippen LogP contribution < -0.4 is 10.6 Å². The highest BCUT2D eigenvalue weighted by Gasteiger charge is 2.24. The highest BCUT2D eigenvalue weighted by molar-refractivity contribution is 9.10. The molecule has 4 heteroatoms. The van der Waals surface area contributed by atoms with Crippen LogP contribution in [0.3, 0.4) is 0 Å². The molecule has 2 N–H and O–H groups in total. The van der Waals surface area contributed by atoms with Crippen LogP contribution in [-0.2, 0) is 11.3 Å². The fourth-order valence-electron chi connectivity index (χ4n) is 1.15. The van der Waals surface area contributed by atoms with Crippen molar-refractivity contribution in [3.05, 3.63) is 34.3 Å². The molecule has 0 fully saturated rings. The standard InChI is InChI=1S/C12H17BrN2O/c1-12(2,14-3)11(16)15-8-9-6-4-5-7-10(9)13/h4-7,14H,8H2,1-3H3,(H,15,16). The van der Waals surface area contributed by atoms with Crippen molar-refractivity contribution in [1.82, 2.24) is 10.6 Å². The van der Waals surface area contributed by atoms with Gasteiger partial charge in [0.1, 0.15) is 0 Å². The Kier molecular flexibility index (Phi) is 4.50. The fraction of sp³-hybridized carbons (Fsp3) is 0.417. The van der Waals surface area contributed by atoms with Crippen LogP contribution >= 0.6 is 15.9 Å². The molecule has 0 heterocycles. The zero-order chi connectivity index (χ0) is 12.2. The molecule has 0 aromatic heterocycles. The molecule has 1 amide bonds. The van der Waals surface area contributed by atoms with Gasteiger partial charge < -0.3 is 10.6 Å². The molecule has 0 saturated carbocycles. The van der Waals surface area contributed by atoms with Gasteiger partial charge in [0, 0.05) is 11.0 Å². The second kappa shape index (κ2) is 5.46. The number of carbonyl (C=O) groups excluding carboxylic acids is 1. The predicted octanol–water partition coefficient (Wildman–Crippen LogP) is 2.06. The molecule has 0 aliphatic carbocycles. The van der Waals surface area contributed by atoms with E-state index in [1.54, 1.807) is 7.05 Å². The summed E-state index contributed by atoms with van der Waals surface area (Å²) in [4.78, 5) is 11.8. The van der Waals surface area contributed by atoms with E-state index < -0.39 is 5.54 Å². The van der Waals surface area contributed by atoms with Crippen LogP contribution in [0.1, 0.15) is 19.4 Å². The van der Waals surface area contributed by atoms with Crippen LogP contribution in [0.4, 0.5) is 0 Å². The maximum Gasteiger partial charge on any atom is 0.239 e. The smallest absolute Gasteiger partial charge is 0.239 e. The molecule has 0 saturated heterocycles. The first-order valence-corrected chi connectivity index (χ1v) is 5.97. The summed E-state index contributed by atoms with van der Waals surface area (Å²) in [5, 5.41) is 5.87. The zero-order valence-electron chi connectivity index (χ0n) is 9.80. The maximum absolute atomic E-state index is 11.8. The van der Waals surface area contributed by atoms with E-state index in [4.69, 9.17) is 0 Å². The minimum Gasteiger partial charge on any atom is -0.350 e. The van der Waals surface area contributed by atoms with Gasteiger partial charge in [0.2, 0.25) is 5.91 Å². The summed E-state index contributed by atoms with van der Waals surface area (Å²) >= 11 is 3.45. The van der Waals surface area contributed by atoms with Crippen molar-refractivity contribution in [2.45, 2.75) is 25.9 Å². The number of benzene rings is 1. The Morgan fingerprint density at radius 2 is 2.00 bits per heavy atom. The lowest BCUT2D eigenvalue weighted by Crippen LogP contribution is -2.50. The number of rotatable bonds is 4. The summed E-state index contributed by atoms with van der Waals surface area (Å²) < 4.78 is 1.01. The summed E-state index contributed by atoms with van der Waals surface area (Å²) in [7, 11) is 1.78. The molecule has 0 spiro atoms. The minimum absolute atomic E-state index is 0.00856. The van der Waals surface area contributed by atoms with E-state index in [1.165, 1.54) is 0 Å². The first kappa shape index (κ1) is 13.2. The molecule has 3 nitrogen and oxygen atoms in total. The molecule has 16 heavy (non-hydrogen) atoms. The van der Waals surface area contributed by atoms with Crippen molar-refractivity contribution in [1.29, 1.82) is 0 Å². The average molecular weight is 285 g/mol. The van der Waals surface area contributed by atoms with Gasteiger partial charge in [0.15, 0.2) is 0 Å². The minimum atomic E-state index is -0.540. The summed E-state index contributed by atoms with van der Waals surface area (Å²) in [6.45, 7) is 4.23. The Balaban J connectivity index is 2.59. The topological polar surface area (TPSA) is 41.1 Å². The molecule has 0 radical (unpaired) electrons. The van der Waals surface area contributed by atoms with Crippen LogP contribution in [0, 0.1) is 0 Å². The van der Waals surface area contributed by atoms with E-state index in [9.17, 15) is 4.79 Å².